The number of rotatable bonds is 10. The maximum absolute atomic E-state index is 13.5. The molecule has 7 heteroatoms. The van der Waals surface area contributed by atoms with Gasteiger partial charge >= 0.3 is 6.03 Å². The van der Waals surface area contributed by atoms with Crippen LogP contribution in [-0.2, 0) is 24.9 Å². The zero-order valence-corrected chi connectivity index (χ0v) is 20.8. The zero-order valence-electron chi connectivity index (χ0n) is 20.8. The third kappa shape index (κ3) is 6.53. The highest BCUT2D eigenvalue weighted by Crippen LogP contribution is 2.19. The lowest BCUT2D eigenvalue weighted by atomic mass is 10.0. The van der Waals surface area contributed by atoms with Gasteiger partial charge in [-0.3, -0.25) is 4.79 Å². The molecule has 7 nitrogen and oxygen atoms in total. The molecule has 0 spiro atoms. The summed E-state index contributed by atoms with van der Waals surface area (Å²) in [5, 5.41) is 2.96. The van der Waals surface area contributed by atoms with Gasteiger partial charge in [0.1, 0.15) is 12.3 Å². The van der Waals surface area contributed by atoms with Gasteiger partial charge in [0.15, 0.2) is 0 Å². The number of nitrogens with zero attached hydrogens (tertiary/aromatic N) is 3. The van der Waals surface area contributed by atoms with Crippen LogP contribution < -0.4 is 5.32 Å². The number of nitrogens with one attached hydrogen (secondary N) is 1. The van der Waals surface area contributed by atoms with E-state index < -0.39 is 0 Å². The zero-order chi connectivity index (χ0) is 24.7. The predicted octanol–water partition coefficient (Wildman–Crippen LogP) is 5.60. The molecule has 182 valence electrons. The first-order chi connectivity index (χ1) is 16.3. The van der Waals surface area contributed by atoms with E-state index in [0.717, 1.165) is 12.1 Å². The van der Waals surface area contributed by atoms with Gasteiger partial charge in [-0.1, -0.05) is 32.9 Å². The smallest absolute Gasteiger partial charge is 0.322 e. The van der Waals surface area contributed by atoms with Crippen molar-refractivity contribution in [2.75, 3.05) is 11.9 Å². The second-order valence-electron chi connectivity index (χ2n) is 9.03. The van der Waals surface area contributed by atoms with E-state index in [-0.39, 0.29) is 24.5 Å². The van der Waals surface area contributed by atoms with Gasteiger partial charge in [0.25, 0.3) is 0 Å². The van der Waals surface area contributed by atoms with Crippen LogP contribution in [0.15, 0.2) is 65.4 Å². The van der Waals surface area contributed by atoms with Crippen LogP contribution in [0.3, 0.4) is 0 Å². The number of aryl methyl sites for hydroxylation is 1. The molecule has 0 saturated carbocycles. The van der Waals surface area contributed by atoms with Crippen molar-refractivity contribution in [2.24, 2.45) is 7.05 Å². The molecule has 34 heavy (non-hydrogen) atoms. The highest BCUT2D eigenvalue weighted by molar-refractivity contribution is 5.92. The van der Waals surface area contributed by atoms with Gasteiger partial charge in [-0.15, -0.1) is 0 Å². The molecule has 1 atom stereocenters. The number of hydrogen-bond donors (Lipinski definition) is 1. The fraction of sp³-hybridized carbons (Fsp3) is 0.407. The summed E-state index contributed by atoms with van der Waals surface area (Å²) in [5.41, 5.74) is 2.93. The number of urea groups is 1. The standard InChI is InChI=1S/C27H36N4O3/c1-6-21(4)31(27(33)28-23-13-11-22(12-14-23)20(2)3)19-26(32)30(18-25-10-8-16-34-25)17-24-9-7-15-29(24)5/h7-16,20-21H,6,17-19H2,1-5H3,(H,28,33). The Morgan fingerprint density at radius 3 is 2.32 bits per heavy atom. The summed E-state index contributed by atoms with van der Waals surface area (Å²) in [5.74, 6) is 0.985. The number of anilines is 1. The van der Waals surface area contributed by atoms with E-state index in [9.17, 15) is 9.59 Å². The Kier molecular flexibility index (Phi) is 8.57. The molecule has 1 aromatic carbocycles. The van der Waals surface area contributed by atoms with Crippen molar-refractivity contribution < 1.29 is 14.0 Å². The summed E-state index contributed by atoms with van der Waals surface area (Å²) in [6.07, 6.45) is 4.29. The fourth-order valence-corrected chi connectivity index (χ4v) is 3.72. The van der Waals surface area contributed by atoms with Crippen LogP contribution in [0.5, 0.6) is 0 Å². The summed E-state index contributed by atoms with van der Waals surface area (Å²) in [6.45, 7) is 8.98. The van der Waals surface area contributed by atoms with Crippen LogP contribution >= 0.6 is 0 Å². The molecule has 1 N–H and O–H groups in total. The molecule has 0 radical (unpaired) electrons. The third-order valence-corrected chi connectivity index (χ3v) is 6.20. The molecule has 0 fully saturated rings. The summed E-state index contributed by atoms with van der Waals surface area (Å²) < 4.78 is 7.48. The Bertz CT molecular complexity index is 1050. The number of furan rings is 1. The van der Waals surface area contributed by atoms with Crippen molar-refractivity contribution in [2.45, 2.75) is 59.2 Å². The third-order valence-electron chi connectivity index (χ3n) is 6.20. The van der Waals surface area contributed by atoms with Crippen LogP contribution in [0.4, 0.5) is 10.5 Å². The maximum Gasteiger partial charge on any atom is 0.322 e. The highest BCUT2D eigenvalue weighted by atomic mass is 16.3. The largest absolute Gasteiger partial charge is 0.467 e. The molecule has 0 aliphatic rings. The lowest BCUT2D eigenvalue weighted by Gasteiger charge is -2.31. The Morgan fingerprint density at radius 2 is 1.76 bits per heavy atom. The van der Waals surface area contributed by atoms with Gasteiger partial charge in [-0.05, 0) is 61.2 Å². The average Bonchev–Trinajstić information content (AvgIpc) is 3.48. The Labute approximate surface area is 202 Å². The molecule has 1 unspecified atom stereocenters. The molecule has 0 saturated heterocycles. The van der Waals surface area contributed by atoms with E-state index in [0.29, 0.717) is 30.5 Å². The second-order valence-corrected chi connectivity index (χ2v) is 9.03. The Morgan fingerprint density at radius 1 is 1.03 bits per heavy atom. The minimum absolute atomic E-state index is 0.0178. The van der Waals surface area contributed by atoms with Crippen molar-refractivity contribution in [3.63, 3.8) is 0 Å². The van der Waals surface area contributed by atoms with E-state index in [1.54, 1.807) is 16.1 Å². The maximum atomic E-state index is 13.5. The van der Waals surface area contributed by atoms with Crippen molar-refractivity contribution in [3.05, 3.63) is 78.0 Å². The van der Waals surface area contributed by atoms with Crippen LogP contribution in [-0.4, -0.2) is 38.9 Å². The molecule has 3 amide bonds. The number of carbonyl (C=O) groups is 2. The first-order valence-electron chi connectivity index (χ1n) is 11.9. The summed E-state index contributed by atoms with van der Waals surface area (Å²) in [4.78, 5) is 30.0. The summed E-state index contributed by atoms with van der Waals surface area (Å²) in [6, 6.07) is 15.1. The topological polar surface area (TPSA) is 70.7 Å². The van der Waals surface area contributed by atoms with Gasteiger partial charge in [0.2, 0.25) is 5.91 Å². The van der Waals surface area contributed by atoms with Crippen molar-refractivity contribution in [1.82, 2.24) is 14.4 Å². The van der Waals surface area contributed by atoms with Gasteiger partial charge in [0, 0.05) is 30.7 Å². The van der Waals surface area contributed by atoms with E-state index in [2.05, 4.69) is 19.2 Å². The van der Waals surface area contributed by atoms with Gasteiger partial charge in [-0.25, -0.2) is 4.79 Å². The van der Waals surface area contributed by atoms with Crippen LogP contribution in [0.1, 0.15) is 57.1 Å². The quantitative estimate of drug-likeness (QED) is 0.424. The first-order valence-corrected chi connectivity index (χ1v) is 11.9. The van der Waals surface area contributed by atoms with Crippen molar-refractivity contribution >= 4 is 17.6 Å². The molecule has 0 bridgehead atoms. The Hall–Kier alpha value is -3.48. The minimum atomic E-state index is -0.281. The SMILES string of the molecule is CCC(C)N(CC(=O)N(Cc1ccco1)Cc1cccn1C)C(=O)Nc1ccc(C(C)C)cc1. The lowest BCUT2D eigenvalue weighted by molar-refractivity contribution is -0.133. The molecule has 2 aromatic heterocycles. The normalized spacial score (nSPS) is 11.9. The van der Waals surface area contributed by atoms with Crippen LogP contribution in [0.2, 0.25) is 0 Å². The number of aromatic nitrogens is 1. The number of amides is 3. The lowest BCUT2D eigenvalue weighted by Crippen LogP contribution is -2.48. The van der Waals surface area contributed by atoms with Gasteiger partial charge in [-0.2, -0.15) is 0 Å². The Balaban J connectivity index is 1.75. The monoisotopic (exact) mass is 464 g/mol. The van der Waals surface area contributed by atoms with E-state index >= 15 is 0 Å². The minimum Gasteiger partial charge on any atom is -0.467 e. The molecular formula is C27H36N4O3. The molecule has 0 aliphatic heterocycles. The molecule has 3 aromatic rings. The van der Waals surface area contributed by atoms with Gasteiger partial charge in [0.05, 0.1) is 19.4 Å². The number of carbonyl (C=O) groups excluding carboxylic acids is 2. The van der Waals surface area contributed by atoms with Gasteiger partial charge < -0.3 is 24.1 Å². The highest BCUT2D eigenvalue weighted by Gasteiger charge is 2.26. The molecule has 3 rings (SSSR count). The predicted molar refractivity (Wildman–Crippen MR) is 134 cm³/mol. The average molecular weight is 465 g/mol. The number of hydrogen-bond acceptors (Lipinski definition) is 3. The van der Waals surface area contributed by atoms with Crippen molar-refractivity contribution in [1.29, 1.82) is 0 Å². The van der Waals surface area contributed by atoms with Crippen LogP contribution in [0, 0.1) is 0 Å². The summed E-state index contributed by atoms with van der Waals surface area (Å²) >= 11 is 0. The van der Waals surface area contributed by atoms with Crippen molar-refractivity contribution in [3.8, 4) is 0 Å². The summed E-state index contributed by atoms with van der Waals surface area (Å²) in [7, 11) is 1.95. The van der Waals surface area contributed by atoms with E-state index in [1.165, 1.54) is 5.56 Å². The first kappa shape index (κ1) is 25.1. The molecular weight excluding hydrogens is 428 g/mol. The molecule has 0 aliphatic carbocycles. The van der Waals surface area contributed by atoms with Crippen LogP contribution in [0.25, 0.3) is 0 Å². The second kappa shape index (κ2) is 11.6. The fourth-order valence-electron chi connectivity index (χ4n) is 3.72. The van der Waals surface area contributed by atoms with E-state index in [1.807, 2.05) is 80.2 Å². The van der Waals surface area contributed by atoms with E-state index in [4.69, 9.17) is 4.42 Å². The number of benzene rings is 1. The molecule has 2 heterocycles.